The van der Waals surface area contributed by atoms with Crippen LogP contribution in [0.1, 0.15) is 59.8 Å². The number of carbonyl (C=O) groups excluding carboxylic acids is 2. The molecule has 92 valence electrons. The first-order valence-electron chi connectivity index (χ1n) is 6.14. The maximum atomic E-state index is 11.8. The van der Waals surface area contributed by atoms with E-state index in [4.69, 9.17) is 4.74 Å². The Bertz CT molecular complexity index is 298. The molecule has 0 saturated carbocycles. The van der Waals surface area contributed by atoms with Crippen molar-refractivity contribution in [2.24, 2.45) is 10.8 Å². The van der Waals surface area contributed by atoms with Gasteiger partial charge in [-0.3, -0.25) is 9.59 Å². The molecule has 0 aliphatic carbocycles. The van der Waals surface area contributed by atoms with E-state index in [1.165, 1.54) is 0 Å². The molecule has 0 aromatic carbocycles. The smallest absolute Gasteiger partial charge is 0.319 e. The van der Waals surface area contributed by atoms with Gasteiger partial charge in [-0.2, -0.15) is 0 Å². The predicted molar refractivity (Wildman–Crippen MR) is 61.7 cm³/mol. The molecule has 3 nitrogen and oxygen atoms in total. The minimum Gasteiger partial charge on any atom is -0.392 e. The summed E-state index contributed by atoms with van der Waals surface area (Å²) in [5.74, 6) is -0.689. The molecule has 0 radical (unpaired) electrons. The standard InChI is InChI=1S/C13H22O3/c1-5-7-8-13(4)9-12(3,6-2)10(14)16-11(13)15/h5-9H2,1-4H3. The predicted octanol–water partition coefficient (Wildman–Crippen LogP) is 3.07. The normalized spacial score (nSPS) is 35.0. The van der Waals surface area contributed by atoms with Gasteiger partial charge in [0.05, 0.1) is 10.8 Å². The first-order valence-corrected chi connectivity index (χ1v) is 6.14. The molecule has 0 aromatic heterocycles. The van der Waals surface area contributed by atoms with E-state index in [2.05, 4.69) is 6.92 Å². The van der Waals surface area contributed by atoms with Crippen molar-refractivity contribution in [3.05, 3.63) is 0 Å². The van der Waals surface area contributed by atoms with Crippen LogP contribution in [0.5, 0.6) is 0 Å². The highest BCUT2D eigenvalue weighted by atomic mass is 16.6. The monoisotopic (exact) mass is 226 g/mol. The second-order valence-electron chi connectivity index (χ2n) is 5.43. The molecular weight excluding hydrogens is 204 g/mol. The van der Waals surface area contributed by atoms with Gasteiger partial charge in [-0.25, -0.2) is 0 Å². The molecular formula is C13H22O3. The van der Waals surface area contributed by atoms with E-state index in [1.54, 1.807) is 0 Å². The van der Waals surface area contributed by atoms with E-state index in [9.17, 15) is 9.59 Å². The molecule has 0 aromatic rings. The van der Waals surface area contributed by atoms with Crippen molar-refractivity contribution in [2.75, 3.05) is 0 Å². The Morgan fingerprint density at radius 1 is 1.12 bits per heavy atom. The van der Waals surface area contributed by atoms with Gasteiger partial charge in [0.15, 0.2) is 0 Å². The van der Waals surface area contributed by atoms with E-state index in [1.807, 2.05) is 20.8 Å². The number of ether oxygens (including phenoxy) is 1. The number of carbonyl (C=O) groups is 2. The van der Waals surface area contributed by atoms with Crippen LogP contribution in [-0.4, -0.2) is 11.9 Å². The fraction of sp³-hybridized carbons (Fsp3) is 0.846. The van der Waals surface area contributed by atoms with Gasteiger partial charge in [0.25, 0.3) is 0 Å². The van der Waals surface area contributed by atoms with Gasteiger partial charge >= 0.3 is 11.9 Å². The Labute approximate surface area is 97.5 Å². The van der Waals surface area contributed by atoms with Gasteiger partial charge in [0.2, 0.25) is 0 Å². The highest BCUT2D eigenvalue weighted by Gasteiger charge is 2.50. The Hall–Kier alpha value is -0.860. The Morgan fingerprint density at radius 2 is 1.69 bits per heavy atom. The van der Waals surface area contributed by atoms with Gasteiger partial charge in [0, 0.05) is 0 Å². The number of esters is 2. The fourth-order valence-electron chi connectivity index (χ4n) is 2.36. The lowest BCUT2D eigenvalue weighted by atomic mass is 9.67. The summed E-state index contributed by atoms with van der Waals surface area (Å²) in [5.41, 5.74) is -0.967. The Balaban J connectivity index is 2.86. The van der Waals surface area contributed by atoms with Crippen molar-refractivity contribution in [2.45, 2.75) is 59.8 Å². The van der Waals surface area contributed by atoms with Crippen LogP contribution in [0.15, 0.2) is 0 Å². The van der Waals surface area contributed by atoms with Crippen LogP contribution in [0.4, 0.5) is 0 Å². The van der Waals surface area contributed by atoms with E-state index >= 15 is 0 Å². The quantitative estimate of drug-likeness (QED) is 0.546. The molecule has 1 aliphatic heterocycles. The summed E-state index contributed by atoms with van der Waals surface area (Å²) in [4.78, 5) is 23.5. The largest absolute Gasteiger partial charge is 0.392 e. The molecule has 1 rings (SSSR count). The first-order chi connectivity index (χ1) is 7.38. The minimum absolute atomic E-state index is 0.336. The Kier molecular flexibility index (Phi) is 3.76. The third-order valence-corrected chi connectivity index (χ3v) is 3.81. The second kappa shape index (κ2) is 4.56. The number of hydrogen-bond donors (Lipinski definition) is 0. The topological polar surface area (TPSA) is 43.4 Å². The van der Waals surface area contributed by atoms with Crippen molar-refractivity contribution in [3.63, 3.8) is 0 Å². The van der Waals surface area contributed by atoms with Gasteiger partial charge in [-0.15, -0.1) is 0 Å². The lowest BCUT2D eigenvalue weighted by Gasteiger charge is -2.40. The van der Waals surface area contributed by atoms with Gasteiger partial charge in [0.1, 0.15) is 0 Å². The molecule has 0 bridgehead atoms. The summed E-state index contributed by atoms with van der Waals surface area (Å²) in [6.07, 6.45) is 4.21. The van der Waals surface area contributed by atoms with Crippen LogP contribution >= 0.6 is 0 Å². The molecule has 2 unspecified atom stereocenters. The fourth-order valence-corrected chi connectivity index (χ4v) is 2.36. The lowest BCUT2D eigenvalue weighted by molar-refractivity contribution is -0.185. The summed E-state index contributed by atoms with van der Waals surface area (Å²) in [7, 11) is 0. The van der Waals surface area contributed by atoms with E-state index in [0.29, 0.717) is 6.42 Å². The van der Waals surface area contributed by atoms with Crippen molar-refractivity contribution in [3.8, 4) is 0 Å². The summed E-state index contributed by atoms with van der Waals surface area (Å²) in [5, 5.41) is 0. The van der Waals surface area contributed by atoms with Gasteiger partial charge in [-0.1, -0.05) is 26.7 Å². The molecule has 0 N–H and O–H groups in total. The third kappa shape index (κ3) is 2.28. The van der Waals surface area contributed by atoms with Crippen molar-refractivity contribution >= 4 is 11.9 Å². The van der Waals surface area contributed by atoms with Crippen LogP contribution < -0.4 is 0 Å². The van der Waals surface area contributed by atoms with E-state index < -0.39 is 10.8 Å². The number of hydrogen-bond acceptors (Lipinski definition) is 3. The number of unbranched alkanes of at least 4 members (excludes halogenated alkanes) is 1. The molecule has 1 saturated heterocycles. The summed E-state index contributed by atoms with van der Waals surface area (Å²) in [6.45, 7) is 7.89. The molecule has 0 amide bonds. The zero-order valence-electron chi connectivity index (χ0n) is 10.8. The third-order valence-electron chi connectivity index (χ3n) is 3.81. The van der Waals surface area contributed by atoms with Crippen LogP contribution in [0.25, 0.3) is 0 Å². The highest BCUT2D eigenvalue weighted by Crippen LogP contribution is 2.45. The minimum atomic E-state index is -0.490. The molecule has 16 heavy (non-hydrogen) atoms. The highest BCUT2D eigenvalue weighted by molar-refractivity contribution is 5.94. The molecule has 2 atom stereocenters. The SMILES string of the molecule is CCCCC1(C)CC(C)(CC)C(=O)OC1=O. The van der Waals surface area contributed by atoms with Gasteiger partial charge in [-0.05, 0) is 33.1 Å². The van der Waals surface area contributed by atoms with Crippen LogP contribution in [0.3, 0.4) is 0 Å². The maximum absolute atomic E-state index is 11.8. The van der Waals surface area contributed by atoms with Gasteiger partial charge < -0.3 is 4.74 Å². The average Bonchev–Trinajstić information content (AvgIpc) is 2.24. The number of rotatable bonds is 4. The summed E-state index contributed by atoms with van der Waals surface area (Å²) < 4.78 is 4.93. The maximum Gasteiger partial charge on any atom is 0.319 e. The molecule has 0 spiro atoms. The van der Waals surface area contributed by atoms with Crippen molar-refractivity contribution in [1.29, 1.82) is 0 Å². The van der Waals surface area contributed by atoms with E-state index in [0.717, 1.165) is 25.7 Å². The molecule has 1 heterocycles. The van der Waals surface area contributed by atoms with Crippen molar-refractivity contribution < 1.29 is 14.3 Å². The van der Waals surface area contributed by atoms with Crippen molar-refractivity contribution in [1.82, 2.24) is 0 Å². The second-order valence-corrected chi connectivity index (χ2v) is 5.43. The van der Waals surface area contributed by atoms with Crippen LogP contribution in [-0.2, 0) is 14.3 Å². The van der Waals surface area contributed by atoms with E-state index in [-0.39, 0.29) is 11.9 Å². The molecule has 1 aliphatic rings. The molecule has 1 fully saturated rings. The zero-order chi connectivity index (χ0) is 12.4. The average molecular weight is 226 g/mol. The summed E-state index contributed by atoms with van der Waals surface area (Å²) in [6, 6.07) is 0. The molecule has 3 heteroatoms. The van der Waals surface area contributed by atoms with Crippen LogP contribution in [0, 0.1) is 10.8 Å². The summed E-state index contributed by atoms with van der Waals surface area (Å²) >= 11 is 0. The lowest BCUT2D eigenvalue weighted by Crippen LogP contribution is -2.47. The van der Waals surface area contributed by atoms with Crippen LogP contribution in [0.2, 0.25) is 0 Å². The Morgan fingerprint density at radius 3 is 2.19 bits per heavy atom. The first kappa shape index (κ1) is 13.2. The zero-order valence-corrected chi connectivity index (χ0v) is 10.8. The number of cyclic esters (lactones) is 2.